The van der Waals surface area contributed by atoms with E-state index in [4.69, 9.17) is 5.11 Å². The van der Waals surface area contributed by atoms with E-state index in [-0.39, 0.29) is 17.4 Å². The van der Waals surface area contributed by atoms with E-state index in [2.05, 4.69) is 17.4 Å². The molecule has 1 aromatic rings. The number of urea groups is 1. The number of carbonyl (C=O) groups excluding carboxylic acids is 2. The van der Waals surface area contributed by atoms with Crippen molar-refractivity contribution in [1.29, 1.82) is 0 Å². The third kappa shape index (κ3) is 4.13. The highest BCUT2D eigenvalue weighted by Crippen LogP contribution is 2.53. The predicted octanol–water partition coefficient (Wildman–Crippen LogP) is 3.54. The Labute approximate surface area is 206 Å². The average molecular weight is 478 g/mol. The summed E-state index contributed by atoms with van der Waals surface area (Å²) in [5.74, 6) is 1.71. The van der Waals surface area contributed by atoms with E-state index < -0.39 is 5.97 Å². The van der Waals surface area contributed by atoms with Gasteiger partial charge in [-0.15, -0.1) is 0 Å². The number of hydrogen-bond acceptors (Lipinski definition) is 3. The van der Waals surface area contributed by atoms with E-state index in [0.29, 0.717) is 44.1 Å². The number of carboxylic acid groups (broad SMARTS) is 1. The Kier molecular flexibility index (Phi) is 5.61. The molecule has 2 heterocycles. The van der Waals surface area contributed by atoms with Crippen molar-refractivity contribution in [2.24, 2.45) is 23.7 Å². The zero-order valence-electron chi connectivity index (χ0n) is 20.2. The summed E-state index contributed by atoms with van der Waals surface area (Å²) in [4.78, 5) is 40.7. The van der Waals surface area contributed by atoms with Crippen LogP contribution >= 0.6 is 0 Å². The van der Waals surface area contributed by atoms with Crippen LogP contribution in [-0.4, -0.2) is 58.5 Å². The van der Waals surface area contributed by atoms with E-state index in [0.717, 1.165) is 42.4 Å². The second-order valence-corrected chi connectivity index (χ2v) is 11.7. The summed E-state index contributed by atoms with van der Waals surface area (Å²) in [6.45, 7) is 2.37. The summed E-state index contributed by atoms with van der Waals surface area (Å²) < 4.78 is 0. The molecule has 0 atom stereocenters. The van der Waals surface area contributed by atoms with Crippen molar-refractivity contribution < 1.29 is 19.5 Å². The fourth-order valence-corrected chi connectivity index (χ4v) is 8.25. The number of nitrogens with zero attached hydrogens (tertiary/aromatic N) is 2. The largest absolute Gasteiger partial charge is 0.478 e. The van der Waals surface area contributed by atoms with Crippen molar-refractivity contribution >= 4 is 17.9 Å². The lowest BCUT2D eigenvalue weighted by Gasteiger charge is -2.55. The highest BCUT2D eigenvalue weighted by atomic mass is 16.4. The number of carboxylic acids is 1. The molecule has 1 aromatic carbocycles. The molecule has 0 radical (unpaired) electrons. The molecular formula is C28H35N3O4. The van der Waals surface area contributed by atoms with Crippen LogP contribution in [0, 0.1) is 23.7 Å². The second-order valence-electron chi connectivity index (χ2n) is 11.7. The molecule has 35 heavy (non-hydrogen) atoms. The standard InChI is InChI=1S/C28H35N3O4/c32-24(5-6-25(33)34)31-16-20-3-1-2-4-23(20)28(17-31)7-9-30(10-8-28)27(35)29-26-21-12-18-11-19(14-21)15-22(26)13-18/h1-6,18-19,21-22,26H,7-17H2,(H,29,35)(H,33,34)/b6-5+. The maximum atomic E-state index is 13.3. The van der Waals surface area contributed by atoms with E-state index >= 15 is 0 Å². The SMILES string of the molecule is O=C(O)/C=C/C(=O)N1Cc2ccccc2C2(CCN(C(=O)NC3C4CC5CC(C4)CC3C5)CC2)C1. The van der Waals surface area contributed by atoms with Crippen LogP contribution in [0.3, 0.4) is 0 Å². The van der Waals surface area contributed by atoms with Crippen LogP contribution in [0.15, 0.2) is 36.4 Å². The molecule has 4 saturated carbocycles. The molecule has 5 fully saturated rings. The average Bonchev–Trinajstić information content (AvgIpc) is 2.84. The van der Waals surface area contributed by atoms with Crippen molar-refractivity contribution in [2.75, 3.05) is 19.6 Å². The molecular weight excluding hydrogens is 442 g/mol. The van der Waals surface area contributed by atoms with Crippen molar-refractivity contribution in [1.82, 2.24) is 15.1 Å². The number of hydrogen-bond donors (Lipinski definition) is 2. The third-order valence-electron chi connectivity index (χ3n) is 9.65. The van der Waals surface area contributed by atoms with E-state index in [1.54, 1.807) is 4.90 Å². The molecule has 1 spiro atoms. The van der Waals surface area contributed by atoms with Crippen LogP contribution in [0.25, 0.3) is 0 Å². The zero-order chi connectivity index (χ0) is 24.2. The Hall–Kier alpha value is -2.83. The van der Waals surface area contributed by atoms with Gasteiger partial charge in [-0.25, -0.2) is 9.59 Å². The summed E-state index contributed by atoms with van der Waals surface area (Å²) in [6, 6.07) is 8.68. The van der Waals surface area contributed by atoms with Gasteiger partial charge in [-0.3, -0.25) is 4.79 Å². The molecule has 0 aromatic heterocycles. The first-order valence-electron chi connectivity index (χ1n) is 13.2. The van der Waals surface area contributed by atoms with Crippen molar-refractivity contribution in [2.45, 2.75) is 62.9 Å². The van der Waals surface area contributed by atoms with Crippen LogP contribution in [0.4, 0.5) is 4.79 Å². The van der Waals surface area contributed by atoms with Crippen molar-refractivity contribution in [3.63, 3.8) is 0 Å². The maximum Gasteiger partial charge on any atom is 0.328 e. The summed E-state index contributed by atoms with van der Waals surface area (Å²) in [5, 5.41) is 12.4. The van der Waals surface area contributed by atoms with Crippen LogP contribution in [0.1, 0.15) is 56.1 Å². The molecule has 4 bridgehead atoms. The monoisotopic (exact) mass is 477 g/mol. The van der Waals surface area contributed by atoms with Gasteiger partial charge in [0.25, 0.3) is 0 Å². The zero-order valence-corrected chi connectivity index (χ0v) is 20.2. The smallest absolute Gasteiger partial charge is 0.328 e. The molecule has 0 unspecified atom stereocenters. The van der Waals surface area contributed by atoms with Crippen molar-refractivity contribution in [3.05, 3.63) is 47.5 Å². The first kappa shape index (κ1) is 22.6. The molecule has 186 valence electrons. The lowest BCUT2D eigenvalue weighted by molar-refractivity contribution is -0.132. The number of aliphatic carboxylic acids is 1. The molecule has 2 N–H and O–H groups in total. The number of likely N-dealkylation sites (tertiary alicyclic amines) is 1. The van der Waals surface area contributed by atoms with Crippen LogP contribution in [0.2, 0.25) is 0 Å². The highest BCUT2D eigenvalue weighted by Gasteiger charge is 2.49. The van der Waals surface area contributed by atoms with Gasteiger partial charge in [0, 0.05) is 49.8 Å². The molecule has 7 rings (SSSR count). The predicted molar refractivity (Wildman–Crippen MR) is 130 cm³/mol. The number of rotatable bonds is 3. The quantitative estimate of drug-likeness (QED) is 0.652. The fraction of sp³-hybridized carbons (Fsp3) is 0.607. The van der Waals surface area contributed by atoms with E-state index in [1.165, 1.54) is 37.7 Å². The lowest BCUT2D eigenvalue weighted by Crippen LogP contribution is -2.60. The minimum Gasteiger partial charge on any atom is -0.478 e. The summed E-state index contributed by atoms with van der Waals surface area (Å²) in [5.41, 5.74) is 2.18. The van der Waals surface area contributed by atoms with Gasteiger partial charge in [-0.05, 0) is 79.7 Å². The van der Waals surface area contributed by atoms with Crippen LogP contribution in [-0.2, 0) is 21.5 Å². The highest BCUT2D eigenvalue weighted by molar-refractivity contribution is 5.94. The molecule has 6 aliphatic rings. The summed E-state index contributed by atoms with van der Waals surface area (Å²) in [6.07, 6.45) is 10.2. The molecule has 7 heteroatoms. The van der Waals surface area contributed by atoms with Gasteiger partial charge in [-0.2, -0.15) is 0 Å². The molecule has 1 saturated heterocycles. The Morgan fingerprint density at radius 3 is 2.23 bits per heavy atom. The number of amides is 3. The molecule has 3 amide bonds. The maximum absolute atomic E-state index is 13.3. The molecule has 4 aliphatic carbocycles. The van der Waals surface area contributed by atoms with Crippen LogP contribution < -0.4 is 5.32 Å². The van der Waals surface area contributed by atoms with Gasteiger partial charge in [0.1, 0.15) is 0 Å². The first-order chi connectivity index (χ1) is 16.9. The van der Waals surface area contributed by atoms with Gasteiger partial charge in [0.15, 0.2) is 0 Å². The molecule has 7 nitrogen and oxygen atoms in total. The van der Waals surface area contributed by atoms with Gasteiger partial charge >= 0.3 is 12.0 Å². The number of carbonyl (C=O) groups is 3. The number of nitrogens with one attached hydrogen (secondary N) is 1. The Morgan fingerprint density at radius 2 is 1.57 bits per heavy atom. The van der Waals surface area contributed by atoms with Gasteiger partial charge < -0.3 is 20.2 Å². The third-order valence-corrected chi connectivity index (χ3v) is 9.65. The summed E-state index contributed by atoms with van der Waals surface area (Å²) >= 11 is 0. The minimum absolute atomic E-state index is 0.0822. The van der Waals surface area contributed by atoms with Crippen LogP contribution in [0.5, 0.6) is 0 Å². The normalized spacial score (nSPS) is 32.6. The van der Waals surface area contributed by atoms with Gasteiger partial charge in [0.2, 0.25) is 5.91 Å². The lowest BCUT2D eigenvalue weighted by atomic mass is 9.54. The Bertz CT molecular complexity index is 1030. The molecule has 2 aliphatic heterocycles. The second kappa shape index (κ2) is 8.68. The first-order valence-corrected chi connectivity index (χ1v) is 13.2. The van der Waals surface area contributed by atoms with E-state index in [1.807, 2.05) is 17.0 Å². The van der Waals surface area contributed by atoms with Gasteiger partial charge in [0.05, 0.1) is 0 Å². The topological polar surface area (TPSA) is 90.0 Å². The number of fused-ring (bicyclic) bond motifs is 2. The fourth-order valence-electron chi connectivity index (χ4n) is 8.25. The van der Waals surface area contributed by atoms with Crippen molar-refractivity contribution in [3.8, 4) is 0 Å². The Balaban J connectivity index is 1.14. The summed E-state index contributed by atoms with van der Waals surface area (Å²) in [7, 11) is 0. The number of piperidine rings is 1. The Morgan fingerprint density at radius 1 is 0.914 bits per heavy atom. The number of benzene rings is 1. The minimum atomic E-state index is -1.12. The van der Waals surface area contributed by atoms with E-state index in [9.17, 15) is 14.4 Å². The van der Waals surface area contributed by atoms with Gasteiger partial charge in [-0.1, -0.05) is 24.3 Å².